The van der Waals surface area contributed by atoms with Crippen LogP contribution in [0.25, 0.3) is 16.6 Å². The smallest absolute Gasteiger partial charge is 0.189 e. The van der Waals surface area contributed by atoms with Gasteiger partial charge in [0, 0.05) is 36.1 Å². The highest BCUT2D eigenvalue weighted by Gasteiger charge is 2.05. The van der Waals surface area contributed by atoms with E-state index in [4.69, 9.17) is 0 Å². The number of rotatable bonds is 12. The molecule has 0 aliphatic rings. The van der Waals surface area contributed by atoms with Gasteiger partial charge in [-0.3, -0.25) is 4.79 Å². The van der Waals surface area contributed by atoms with Crippen LogP contribution in [-0.4, -0.2) is 19.5 Å². The van der Waals surface area contributed by atoms with Gasteiger partial charge in [0.25, 0.3) is 0 Å². The molecule has 0 saturated carbocycles. The zero-order valence-electron chi connectivity index (χ0n) is 19.2. The van der Waals surface area contributed by atoms with Crippen LogP contribution in [-0.2, 0) is 13.0 Å². The molecule has 0 spiro atoms. The SMILES string of the molecule is O=c1ccn(CCCCCCCCCCc2ccnn2-c2ccc(O)cc2)c2ccccc12. The van der Waals surface area contributed by atoms with Crippen molar-refractivity contribution in [2.45, 2.75) is 64.3 Å². The number of pyridine rings is 1. The van der Waals surface area contributed by atoms with Gasteiger partial charge >= 0.3 is 0 Å². The lowest BCUT2D eigenvalue weighted by Gasteiger charge is -2.10. The van der Waals surface area contributed by atoms with Crippen molar-refractivity contribution in [3.8, 4) is 11.4 Å². The molecule has 172 valence electrons. The number of unbranched alkanes of at least 4 members (excludes halogenated alkanes) is 7. The van der Waals surface area contributed by atoms with Gasteiger partial charge in [0.1, 0.15) is 5.75 Å². The van der Waals surface area contributed by atoms with Gasteiger partial charge in [-0.25, -0.2) is 4.68 Å². The molecule has 0 aliphatic carbocycles. The Balaban J connectivity index is 1.09. The second-order valence-corrected chi connectivity index (χ2v) is 8.72. The first-order valence-corrected chi connectivity index (χ1v) is 12.1. The minimum Gasteiger partial charge on any atom is -0.508 e. The molecule has 0 amide bonds. The summed E-state index contributed by atoms with van der Waals surface area (Å²) < 4.78 is 4.17. The molecule has 0 atom stereocenters. The number of para-hydroxylation sites is 1. The first-order valence-electron chi connectivity index (χ1n) is 12.1. The normalized spacial score (nSPS) is 11.3. The maximum atomic E-state index is 12.0. The van der Waals surface area contributed by atoms with Crippen LogP contribution in [0.3, 0.4) is 0 Å². The van der Waals surface area contributed by atoms with E-state index in [2.05, 4.69) is 15.7 Å². The number of aryl methyl sites for hydroxylation is 2. The summed E-state index contributed by atoms with van der Waals surface area (Å²) in [5.74, 6) is 0.276. The fourth-order valence-electron chi connectivity index (χ4n) is 4.45. The molecule has 0 aliphatic heterocycles. The average Bonchev–Trinajstić information content (AvgIpc) is 3.31. The van der Waals surface area contributed by atoms with Crippen LogP contribution in [0.4, 0.5) is 0 Å². The van der Waals surface area contributed by atoms with Crippen molar-refractivity contribution < 1.29 is 5.11 Å². The predicted octanol–water partition coefficient (Wildman–Crippen LogP) is 6.26. The van der Waals surface area contributed by atoms with E-state index < -0.39 is 0 Å². The Morgan fingerprint density at radius 1 is 0.758 bits per heavy atom. The van der Waals surface area contributed by atoms with Crippen LogP contribution in [0, 0.1) is 0 Å². The summed E-state index contributed by atoms with van der Waals surface area (Å²) in [6, 6.07) is 18.8. The van der Waals surface area contributed by atoms with E-state index >= 15 is 0 Å². The fourth-order valence-corrected chi connectivity index (χ4v) is 4.45. The molecule has 5 heteroatoms. The molecule has 2 aromatic carbocycles. The van der Waals surface area contributed by atoms with Gasteiger partial charge in [0.05, 0.1) is 11.2 Å². The molecule has 0 unspecified atom stereocenters. The van der Waals surface area contributed by atoms with Crippen molar-refractivity contribution in [2.24, 2.45) is 0 Å². The summed E-state index contributed by atoms with van der Waals surface area (Å²) in [5, 5.41) is 14.7. The summed E-state index contributed by atoms with van der Waals surface area (Å²) in [6.07, 6.45) is 14.7. The molecule has 4 aromatic rings. The summed E-state index contributed by atoms with van der Waals surface area (Å²) >= 11 is 0. The van der Waals surface area contributed by atoms with E-state index in [-0.39, 0.29) is 11.2 Å². The summed E-state index contributed by atoms with van der Waals surface area (Å²) in [7, 11) is 0. The minimum absolute atomic E-state index is 0.103. The molecule has 33 heavy (non-hydrogen) atoms. The van der Waals surface area contributed by atoms with Gasteiger partial charge in [-0.1, -0.05) is 50.7 Å². The van der Waals surface area contributed by atoms with Crippen LogP contribution in [0.15, 0.2) is 77.9 Å². The minimum atomic E-state index is 0.103. The Hall–Kier alpha value is -3.34. The molecule has 0 radical (unpaired) electrons. The van der Waals surface area contributed by atoms with Gasteiger partial charge in [-0.2, -0.15) is 5.10 Å². The molecular weight excluding hydrogens is 410 g/mol. The standard InChI is InChI=1S/C28H33N3O2/c32-25-16-14-24(15-17-25)31-23(18-20-29-31)11-7-5-3-1-2-4-6-10-21-30-22-19-28(33)26-12-8-9-13-27(26)30/h8-9,12-20,22,32H,1-7,10-11,21H2. The Kier molecular flexibility index (Phi) is 7.96. The average molecular weight is 444 g/mol. The fraction of sp³-hybridized carbons (Fsp3) is 0.357. The van der Waals surface area contributed by atoms with Gasteiger partial charge in [-0.15, -0.1) is 0 Å². The van der Waals surface area contributed by atoms with Gasteiger partial charge in [0.2, 0.25) is 0 Å². The number of phenolic OH excluding ortho intramolecular Hbond substituents is 1. The third kappa shape index (κ3) is 6.13. The molecule has 0 fully saturated rings. The van der Waals surface area contributed by atoms with Crippen LogP contribution < -0.4 is 5.43 Å². The lowest BCUT2D eigenvalue weighted by molar-refractivity contribution is 0.475. The molecule has 5 nitrogen and oxygen atoms in total. The van der Waals surface area contributed by atoms with Crippen molar-refractivity contribution in [3.05, 3.63) is 89.0 Å². The van der Waals surface area contributed by atoms with Crippen LogP contribution in [0.2, 0.25) is 0 Å². The number of fused-ring (bicyclic) bond motifs is 1. The lowest BCUT2D eigenvalue weighted by atomic mass is 10.1. The topological polar surface area (TPSA) is 60.0 Å². The van der Waals surface area contributed by atoms with E-state index in [1.165, 1.54) is 50.6 Å². The lowest BCUT2D eigenvalue weighted by Crippen LogP contribution is -2.08. The van der Waals surface area contributed by atoms with Crippen molar-refractivity contribution >= 4 is 10.9 Å². The maximum Gasteiger partial charge on any atom is 0.189 e. The second-order valence-electron chi connectivity index (χ2n) is 8.72. The van der Waals surface area contributed by atoms with Crippen molar-refractivity contribution in [2.75, 3.05) is 0 Å². The highest BCUT2D eigenvalue weighted by molar-refractivity contribution is 5.78. The van der Waals surface area contributed by atoms with Crippen molar-refractivity contribution in [3.63, 3.8) is 0 Å². The molecule has 0 saturated heterocycles. The first kappa shape index (κ1) is 22.8. The van der Waals surface area contributed by atoms with Crippen LogP contribution in [0.1, 0.15) is 57.1 Å². The van der Waals surface area contributed by atoms with Gasteiger partial charge in [-0.05, 0) is 61.7 Å². The number of benzene rings is 2. The summed E-state index contributed by atoms with van der Waals surface area (Å²) in [5.41, 5.74) is 3.35. The first-order chi connectivity index (χ1) is 16.2. The monoisotopic (exact) mass is 443 g/mol. The Bertz CT molecular complexity index is 1210. The van der Waals surface area contributed by atoms with E-state index in [9.17, 15) is 9.90 Å². The molecular formula is C28H33N3O2. The number of aromatic hydroxyl groups is 1. The quantitative estimate of drug-likeness (QED) is 0.263. The number of phenols is 1. The Morgan fingerprint density at radius 3 is 2.24 bits per heavy atom. The van der Waals surface area contributed by atoms with Crippen LogP contribution in [0.5, 0.6) is 5.75 Å². The summed E-state index contributed by atoms with van der Waals surface area (Å²) in [4.78, 5) is 12.0. The third-order valence-electron chi connectivity index (χ3n) is 6.28. The Morgan fingerprint density at radius 2 is 1.45 bits per heavy atom. The molecule has 1 N–H and O–H groups in total. The number of hydrogen-bond acceptors (Lipinski definition) is 3. The zero-order chi connectivity index (χ0) is 22.9. The largest absolute Gasteiger partial charge is 0.508 e. The predicted molar refractivity (Wildman–Crippen MR) is 134 cm³/mol. The molecule has 4 rings (SSSR count). The highest BCUT2D eigenvalue weighted by atomic mass is 16.3. The van der Waals surface area contributed by atoms with E-state index in [1.807, 2.05) is 53.5 Å². The number of aromatic nitrogens is 3. The van der Waals surface area contributed by atoms with Crippen molar-refractivity contribution in [1.82, 2.24) is 14.3 Å². The zero-order valence-corrected chi connectivity index (χ0v) is 19.2. The maximum absolute atomic E-state index is 12.0. The Labute approximate surface area is 195 Å². The van der Waals surface area contributed by atoms with E-state index in [0.29, 0.717) is 0 Å². The molecule has 0 bridgehead atoms. The second kappa shape index (κ2) is 11.5. The third-order valence-corrected chi connectivity index (χ3v) is 6.28. The number of nitrogens with zero attached hydrogens (tertiary/aromatic N) is 3. The number of hydrogen-bond donors (Lipinski definition) is 1. The van der Waals surface area contributed by atoms with E-state index in [1.54, 1.807) is 18.2 Å². The summed E-state index contributed by atoms with van der Waals surface area (Å²) in [6.45, 7) is 0.968. The highest BCUT2D eigenvalue weighted by Crippen LogP contribution is 2.17. The van der Waals surface area contributed by atoms with Crippen molar-refractivity contribution in [1.29, 1.82) is 0 Å². The van der Waals surface area contributed by atoms with Gasteiger partial charge < -0.3 is 9.67 Å². The van der Waals surface area contributed by atoms with E-state index in [0.717, 1.165) is 36.0 Å². The van der Waals surface area contributed by atoms with Crippen LogP contribution >= 0.6 is 0 Å². The molecule has 2 aromatic heterocycles. The van der Waals surface area contributed by atoms with Gasteiger partial charge in [0.15, 0.2) is 5.43 Å². The molecule has 2 heterocycles.